The molecule has 2 aromatic carbocycles. The van der Waals surface area contributed by atoms with Crippen LogP contribution in [0.1, 0.15) is 21.5 Å². The second-order valence-corrected chi connectivity index (χ2v) is 8.31. The van der Waals surface area contributed by atoms with Crippen LogP contribution in [0.25, 0.3) is 0 Å². The zero-order chi connectivity index (χ0) is 18.0. The minimum absolute atomic E-state index is 0.00101. The van der Waals surface area contributed by atoms with Gasteiger partial charge in [0.15, 0.2) is 9.84 Å². The van der Waals surface area contributed by atoms with Gasteiger partial charge in [-0.15, -0.1) is 0 Å². The predicted molar refractivity (Wildman–Crippen MR) is 98.9 cm³/mol. The van der Waals surface area contributed by atoms with Gasteiger partial charge in [0.25, 0.3) is 5.91 Å². The van der Waals surface area contributed by atoms with Crippen LogP contribution in [0.15, 0.2) is 47.4 Å². The highest BCUT2D eigenvalue weighted by molar-refractivity contribution is 7.90. The monoisotopic (exact) mass is 358 g/mol. The van der Waals surface area contributed by atoms with E-state index in [1.54, 1.807) is 19.2 Å². The Labute approximate surface area is 148 Å². The molecule has 5 nitrogen and oxygen atoms in total. The number of hydrogen-bond acceptors (Lipinski definition) is 4. The molecule has 0 bridgehead atoms. The van der Waals surface area contributed by atoms with Crippen LogP contribution in [0.2, 0.25) is 0 Å². The number of anilines is 1. The van der Waals surface area contributed by atoms with E-state index >= 15 is 0 Å². The fourth-order valence-corrected chi connectivity index (χ4v) is 3.86. The number of para-hydroxylation sites is 1. The van der Waals surface area contributed by atoms with Crippen molar-refractivity contribution in [2.45, 2.75) is 17.7 Å². The van der Waals surface area contributed by atoms with Gasteiger partial charge in [0.05, 0.1) is 10.5 Å². The summed E-state index contributed by atoms with van der Waals surface area (Å²) in [6, 6.07) is 12.8. The fourth-order valence-electron chi connectivity index (χ4n) is 3.19. The average Bonchev–Trinajstić information content (AvgIpc) is 2.82. The van der Waals surface area contributed by atoms with Gasteiger partial charge in [0, 0.05) is 32.1 Å². The highest BCUT2D eigenvalue weighted by Gasteiger charge is 2.22. The summed E-state index contributed by atoms with van der Waals surface area (Å²) in [6.07, 6.45) is 2.61. The normalized spacial score (nSPS) is 14.6. The zero-order valence-electron chi connectivity index (χ0n) is 14.5. The molecule has 132 valence electrons. The van der Waals surface area contributed by atoms with Gasteiger partial charge in [-0.05, 0) is 48.2 Å². The third-order valence-corrected chi connectivity index (χ3v) is 5.73. The molecule has 0 saturated heterocycles. The Bertz CT molecular complexity index is 907. The molecule has 0 radical (unpaired) electrons. The molecule has 6 heteroatoms. The molecule has 0 spiro atoms. The first-order valence-electron chi connectivity index (χ1n) is 8.28. The zero-order valence-corrected chi connectivity index (χ0v) is 15.3. The van der Waals surface area contributed by atoms with Crippen LogP contribution in [-0.2, 0) is 22.7 Å². The van der Waals surface area contributed by atoms with Crippen LogP contribution in [0.5, 0.6) is 0 Å². The van der Waals surface area contributed by atoms with E-state index in [-0.39, 0.29) is 5.91 Å². The summed E-state index contributed by atoms with van der Waals surface area (Å²) in [4.78, 5) is 15.1. The van der Waals surface area contributed by atoms with Gasteiger partial charge in [0.2, 0.25) is 0 Å². The lowest BCUT2D eigenvalue weighted by molar-refractivity contribution is 0.0764. The van der Waals surface area contributed by atoms with E-state index in [9.17, 15) is 13.2 Å². The van der Waals surface area contributed by atoms with Gasteiger partial charge in [-0.3, -0.25) is 4.79 Å². The molecule has 1 amide bonds. The van der Waals surface area contributed by atoms with Crippen molar-refractivity contribution >= 4 is 21.4 Å². The first-order valence-corrected chi connectivity index (χ1v) is 10.2. The van der Waals surface area contributed by atoms with Crippen molar-refractivity contribution < 1.29 is 13.2 Å². The number of carbonyl (C=O) groups is 1. The van der Waals surface area contributed by atoms with E-state index in [0.29, 0.717) is 30.0 Å². The topological polar surface area (TPSA) is 66.5 Å². The summed E-state index contributed by atoms with van der Waals surface area (Å²) in [5, 5.41) is 3.06. The van der Waals surface area contributed by atoms with E-state index in [4.69, 9.17) is 0 Å². The van der Waals surface area contributed by atoms with Gasteiger partial charge in [-0.1, -0.05) is 18.2 Å². The highest BCUT2D eigenvalue weighted by Crippen LogP contribution is 2.23. The molecule has 2 aromatic rings. The molecule has 1 aliphatic rings. The maximum Gasteiger partial charge on any atom is 0.255 e. The highest BCUT2D eigenvalue weighted by atomic mass is 32.2. The molecule has 25 heavy (non-hydrogen) atoms. The lowest BCUT2D eigenvalue weighted by atomic mass is 10.0. The maximum atomic E-state index is 12.9. The smallest absolute Gasteiger partial charge is 0.255 e. The summed E-state index contributed by atoms with van der Waals surface area (Å²) in [5.74, 6) is 0.00101. The minimum Gasteiger partial charge on any atom is -0.387 e. The van der Waals surface area contributed by atoms with Crippen molar-refractivity contribution in [1.29, 1.82) is 0 Å². The Kier molecular flexibility index (Phi) is 4.81. The number of rotatable bonds is 3. The number of benzene rings is 2. The van der Waals surface area contributed by atoms with Crippen molar-refractivity contribution in [2.75, 3.05) is 31.7 Å². The largest absolute Gasteiger partial charge is 0.387 e. The molecule has 0 saturated carbocycles. The standard InChI is InChI=1S/C19H22N2O3S/c1-20-18-6-4-3-5-17(18)19(22)21-11-9-14-7-8-16(25(2,23)24)13-15(14)10-12-21/h3-8,13,20H,9-12H2,1-2H3. The first-order chi connectivity index (χ1) is 11.9. The molecule has 0 aliphatic carbocycles. The van der Waals surface area contributed by atoms with Crippen molar-refractivity contribution in [1.82, 2.24) is 4.90 Å². The number of nitrogens with zero attached hydrogens (tertiary/aromatic N) is 1. The van der Waals surface area contributed by atoms with Crippen molar-refractivity contribution in [3.8, 4) is 0 Å². The maximum absolute atomic E-state index is 12.9. The van der Waals surface area contributed by atoms with Crippen LogP contribution in [-0.4, -0.2) is 45.6 Å². The Morgan fingerprint density at radius 3 is 2.40 bits per heavy atom. The lowest BCUT2D eigenvalue weighted by Gasteiger charge is -2.21. The lowest BCUT2D eigenvalue weighted by Crippen LogP contribution is -2.33. The van der Waals surface area contributed by atoms with Crippen LogP contribution < -0.4 is 5.32 Å². The van der Waals surface area contributed by atoms with Gasteiger partial charge >= 0.3 is 0 Å². The molecular weight excluding hydrogens is 336 g/mol. The van der Waals surface area contributed by atoms with Crippen LogP contribution in [0.4, 0.5) is 5.69 Å². The van der Waals surface area contributed by atoms with Crippen LogP contribution in [0, 0.1) is 0 Å². The quantitative estimate of drug-likeness (QED) is 0.915. The van der Waals surface area contributed by atoms with E-state index in [1.165, 1.54) is 6.26 Å². The number of nitrogens with one attached hydrogen (secondary N) is 1. The molecule has 1 aliphatic heterocycles. The molecule has 1 heterocycles. The third-order valence-electron chi connectivity index (χ3n) is 4.62. The third kappa shape index (κ3) is 3.69. The molecule has 0 atom stereocenters. The van der Waals surface area contributed by atoms with Gasteiger partial charge < -0.3 is 10.2 Å². The van der Waals surface area contributed by atoms with Crippen molar-refractivity contribution in [3.63, 3.8) is 0 Å². The molecule has 0 fully saturated rings. The molecule has 1 N–H and O–H groups in total. The number of amides is 1. The van der Waals surface area contributed by atoms with Crippen LogP contribution >= 0.6 is 0 Å². The van der Waals surface area contributed by atoms with Crippen molar-refractivity contribution in [3.05, 3.63) is 59.2 Å². The molecule has 0 aromatic heterocycles. The number of fused-ring (bicyclic) bond motifs is 1. The Morgan fingerprint density at radius 2 is 1.72 bits per heavy atom. The molecule has 3 rings (SSSR count). The first kappa shape index (κ1) is 17.5. The summed E-state index contributed by atoms with van der Waals surface area (Å²) in [6.45, 7) is 1.21. The average molecular weight is 358 g/mol. The van der Waals surface area contributed by atoms with Gasteiger partial charge in [-0.25, -0.2) is 8.42 Å². The van der Waals surface area contributed by atoms with E-state index in [0.717, 1.165) is 23.2 Å². The minimum atomic E-state index is -3.22. The van der Waals surface area contributed by atoms with Crippen molar-refractivity contribution in [2.24, 2.45) is 0 Å². The second-order valence-electron chi connectivity index (χ2n) is 6.29. The Balaban J connectivity index is 1.83. The summed E-state index contributed by atoms with van der Waals surface area (Å²) in [5.41, 5.74) is 3.60. The molecular formula is C19H22N2O3S. The summed E-state index contributed by atoms with van der Waals surface area (Å²) in [7, 11) is -1.42. The van der Waals surface area contributed by atoms with E-state index < -0.39 is 9.84 Å². The second kappa shape index (κ2) is 6.88. The Morgan fingerprint density at radius 1 is 1.04 bits per heavy atom. The van der Waals surface area contributed by atoms with E-state index in [2.05, 4.69) is 5.32 Å². The molecule has 0 unspecified atom stereocenters. The summed E-state index contributed by atoms with van der Waals surface area (Å²) >= 11 is 0. The Hall–Kier alpha value is -2.34. The fraction of sp³-hybridized carbons (Fsp3) is 0.316. The summed E-state index contributed by atoms with van der Waals surface area (Å²) < 4.78 is 23.5. The number of sulfone groups is 1. The van der Waals surface area contributed by atoms with Crippen LogP contribution in [0.3, 0.4) is 0 Å². The predicted octanol–water partition coefficient (Wildman–Crippen LogP) is 2.37. The van der Waals surface area contributed by atoms with E-state index in [1.807, 2.05) is 35.2 Å². The number of hydrogen-bond donors (Lipinski definition) is 1. The van der Waals surface area contributed by atoms with Gasteiger partial charge in [0.1, 0.15) is 0 Å². The number of carbonyl (C=O) groups excluding carboxylic acids is 1. The van der Waals surface area contributed by atoms with Gasteiger partial charge in [-0.2, -0.15) is 0 Å². The SMILES string of the molecule is CNc1ccccc1C(=O)N1CCc2ccc(S(C)(=O)=O)cc2CC1.